The molecule has 1 heterocycles. The van der Waals surface area contributed by atoms with Crippen LogP contribution in [0.3, 0.4) is 0 Å². The van der Waals surface area contributed by atoms with Crippen molar-refractivity contribution < 1.29 is 9.53 Å². The summed E-state index contributed by atoms with van der Waals surface area (Å²) in [5.41, 5.74) is -0.416. The van der Waals surface area contributed by atoms with Gasteiger partial charge in [0.05, 0.1) is 0 Å². The van der Waals surface area contributed by atoms with E-state index in [2.05, 4.69) is 17.1 Å². The zero-order valence-corrected chi connectivity index (χ0v) is 12.3. The van der Waals surface area contributed by atoms with Crippen LogP contribution in [-0.2, 0) is 4.74 Å². The van der Waals surface area contributed by atoms with Crippen LogP contribution in [-0.4, -0.2) is 42.3 Å². The number of nitrogens with zero attached hydrogens (tertiary/aromatic N) is 1. The van der Waals surface area contributed by atoms with Gasteiger partial charge in [-0.3, -0.25) is 0 Å². The SMILES string of the molecule is CCCCN1CCCC(NC(=O)OC(C)(C)C)C1. The summed E-state index contributed by atoms with van der Waals surface area (Å²) in [5, 5.41) is 2.98. The van der Waals surface area contributed by atoms with Crippen molar-refractivity contribution in [1.82, 2.24) is 10.2 Å². The van der Waals surface area contributed by atoms with Gasteiger partial charge in [-0.2, -0.15) is 0 Å². The third kappa shape index (κ3) is 6.24. The molecule has 0 aliphatic carbocycles. The molecule has 1 rings (SSSR count). The fourth-order valence-electron chi connectivity index (χ4n) is 2.23. The quantitative estimate of drug-likeness (QED) is 0.841. The van der Waals surface area contributed by atoms with Crippen molar-refractivity contribution in [2.45, 2.75) is 65.0 Å². The number of nitrogens with one attached hydrogen (secondary N) is 1. The monoisotopic (exact) mass is 256 g/mol. The molecule has 1 aliphatic rings. The van der Waals surface area contributed by atoms with Crippen molar-refractivity contribution in [2.75, 3.05) is 19.6 Å². The van der Waals surface area contributed by atoms with Crippen LogP contribution in [0.4, 0.5) is 4.79 Å². The molecule has 4 heteroatoms. The summed E-state index contributed by atoms with van der Waals surface area (Å²) < 4.78 is 5.29. The van der Waals surface area contributed by atoms with E-state index in [0.717, 1.165) is 32.5 Å². The highest BCUT2D eigenvalue weighted by Crippen LogP contribution is 2.12. The second-order valence-corrected chi connectivity index (χ2v) is 6.14. The van der Waals surface area contributed by atoms with E-state index < -0.39 is 5.60 Å². The Hall–Kier alpha value is -0.770. The van der Waals surface area contributed by atoms with Crippen molar-refractivity contribution in [2.24, 2.45) is 0 Å². The largest absolute Gasteiger partial charge is 0.444 e. The molecule has 0 saturated carbocycles. The van der Waals surface area contributed by atoms with Gasteiger partial charge in [-0.25, -0.2) is 4.79 Å². The maximum atomic E-state index is 11.7. The number of piperidine rings is 1. The predicted molar refractivity (Wildman–Crippen MR) is 73.7 cm³/mol. The van der Waals surface area contributed by atoms with Gasteiger partial charge in [0, 0.05) is 12.6 Å². The molecule has 1 N–H and O–H groups in total. The second-order valence-electron chi connectivity index (χ2n) is 6.14. The number of unbranched alkanes of at least 4 members (excludes halogenated alkanes) is 1. The van der Waals surface area contributed by atoms with Crippen molar-refractivity contribution >= 4 is 6.09 Å². The van der Waals surface area contributed by atoms with Gasteiger partial charge in [0.1, 0.15) is 5.60 Å². The lowest BCUT2D eigenvalue weighted by molar-refractivity contribution is 0.0472. The molecule has 1 aliphatic heterocycles. The summed E-state index contributed by atoms with van der Waals surface area (Å²) in [6.07, 6.45) is 4.39. The number of amides is 1. The Morgan fingerprint density at radius 3 is 2.78 bits per heavy atom. The van der Waals surface area contributed by atoms with Crippen LogP contribution in [0.25, 0.3) is 0 Å². The zero-order valence-electron chi connectivity index (χ0n) is 12.3. The van der Waals surface area contributed by atoms with E-state index in [4.69, 9.17) is 4.74 Å². The number of carbonyl (C=O) groups excluding carboxylic acids is 1. The molecule has 4 nitrogen and oxygen atoms in total. The topological polar surface area (TPSA) is 41.6 Å². The van der Waals surface area contributed by atoms with Gasteiger partial charge >= 0.3 is 6.09 Å². The van der Waals surface area contributed by atoms with Crippen molar-refractivity contribution in [3.8, 4) is 0 Å². The van der Waals surface area contributed by atoms with Crippen molar-refractivity contribution in [3.63, 3.8) is 0 Å². The van der Waals surface area contributed by atoms with Crippen LogP contribution in [0, 0.1) is 0 Å². The third-order valence-corrected chi connectivity index (χ3v) is 3.05. The average Bonchev–Trinajstić information content (AvgIpc) is 2.24. The second kappa shape index (κ2) is 6.98. The molecule has 1 amide bonds. The Labute approximate surface area is 111 Å². The fourth-order valence-corrected chi connectivity index (χ4v) is 2.23. The van der Waals surface area contributed by atoms with Gasteiger partial charge < -0.3 is 15.0 Å². The number of ether oxygens (including phenoxy) is 1. The maximum Gasteiger partial charge on any atom is 0.407 e. The number of likely N-dealkylation sites (tertiary alicyclic amines) is 1. The minimum absolute atomic E-state index is 0.241. The lowest BCUT2D eigenvalue weighted by Crippen LogP contribution is -2.49. The summed E-state index contributed by atoms with van der Waals surface area (Å²) >= 11 is 0. The summed E-state index contributed by atoms with van der Waals surface area (Å²) in [7, 11) is 0. The first-order chi connectivity index (χ1) is 8.40. The number of rotatable bonds is 4. The van der Waals surface area contributed by atoms with Crippen LogP contribution < -0.4 is 5.32 Å². The van der Waals surface area contributed by atoms with Crippen molar-refractivity contribution in [1.29, 1.82) is 0 Å². The Kier molecular flexibility index (Phi) is 5.93. The van der Waals surface area contributed by atoms with E-state index in [1.165, 1.54) is 12.8 Å². The van der Waals surface area contributed by atoms with Crippen molar-refractivity contribution in [3.05, 3.63) is 0 Å². The van der Waals surface area contributed by atoms with E-state index in [1.54, 1.807) is 0 Å². The average molecular weight is 256 g/mol. The number of hydrogen-bond acceptors (Lipinski definition) is 3. The predicted octanol–water partition coefficient (Wildman–Crippen LogP) is 2.78. The summed E-state index contributed by atoms with van der Waals surface area (Å²) in [5.74, 6) is 0. The Morgan fingerprint density at radius 1 is 1.44 bits per heavy atom. The first kappa shape index (κ1) is 15.3. The van der Waals surface area contributed by atoms with Gasteiger partial charge in [-0.15, -0.1) is 0 Å². The van der Waals surface area contributed by atoms with E-state index in [0.29, 0.717) is 0 Å². The Balaban J connectivity index is 2.31. The number of hydrogen-bond donors (Lipinski definition) is 1. The molecule has 1 fully saturated rings. The first-order valence-electron chi connectivity index (χ1n) is 7.12. The lowest BCUT2D eigenvalue weighted by atomic mass is 10.1. The molecular formula is C14H28N2O2. The molecular weight excluding hydrogens is 228 g/mol. The van der Waals surface area contributed by atoms with Crippen LogP contribution in [0.1, 0.15) is 53.4 Å². The highest BCUT2D eigenvalue weighted by Gasteiger charge is 2.23. The van der Waals surface area contributed by atoms with Gasteiger partial charge in [0.15, 0.2) is 0 Å². The minimum atomic E-state index is -0.416. The van der Waals surface area contributed by atoms with E-state index in [-0.39, 0.29) is 12.1 Å². The van der Waals surface area contributed by atoms with Crippen LogP contribution >= 0.6 is 0 Å². The molecule has 0 aromatic carbocycles. The molecule has 0 aromatic heterocycles. The summed E-state index contributed by atoms with van der Waals surface area (Å²) in [6.45, 7) is 11.1. The third-order valence-electron chi connectivity index (χ3n) is 3.05. The summed E-state index contributed by atoms with van der Waals surface area (Å²) in [4.78, 5) is 14.1. The van der Waals surface area contributed by atoms with E-state index in [1.807, 2.05) is 20.8 Å². The van der Waals surface area contributed by atoms with Gasteiger partial charge in [-0.1, -0.05) is 13.3 Å². The van der Waals surface area contributed by atoms with Gasteiger partial charge in [-0.05, 0) is 53.1 Å². The van der Waals surface area contributed by atoms with Crippen LogP contribution in [0.15, 0.2) is 0 Å². The normalized spacial score (nSPS) is 21.7. The molecule has 106 valence electrons. The lowest BCUT2D eigenvalue weighted by Gasteiger charge is -2.33. The van der Waals surface area contributed by atoms with Crippen LogP contribution in [0.5, 0.6) is 0 Å². The van der Waals surface area contributed by atoms with E-state index >= 15 is 0 Å². The molecule has 1 saturated heterocycles. The number of alkyl carbamates (subject to hydrolysis) is 1. The minimum Gasteiger partial charge on any atom is -0.444 e. The molecule has 0 radical (unpaired) electrons. The molecule has 0 spiro atoms. The molecule has 18 heavy (non-hydrogen) atoms. The molecule has 1 atom stereocenters. The fraction of sp³-hybridized carbons (Fsp3) is 0.929. The number of carbonyl (C=O) groups is 1. The van der Waals surface area contributed by atoms with Gasteiger partial charge in [0.2, 0.25) is 0 Å². The highest BCUT2D eigenvalue weighted by molar-refractivity contribution is 5.68. The standard InChI is InChI=1S/C14H28N2O2/c1-5-6-9-16-10-7-8-12(11-16)15-13(17)18-14(2,3)4/h12H,5-11H2,1-4H3,(H,15,17). The zero-order chi connectivity index (χ0) is 13.6. The van der Waals surface area contributed by atoms with Gasteiger partial charge in [0.25, 0.3) is 0 Å². The Morgan fingerprint density at radius 2 is 2.17 bits per heavy atom. The Bertz CT molecular complexity index is 261. The smallest absolute Gasteiger partial charge is 0.407 e. The first-order valence-corrected chi connectivity index (χ1v) is 7.12. The molecule has 0 aromatic rings. The highest BCUT2D eigenvalue weighted by atomic mass is 16.6. The summed E-state index contributed by atoms with van der Waals surface area (Å²) in [6, 6.07) is 0.241. The molecule has 1 unspecified atom stereocenters. The molecule has 0 bridgehead atoms. The van der Waals surface area contributed by atoms with Crippen LogP contribution in [0.2, 0.25) is 0 Å². The maximum absolute atomic E-state index is 11.7. The van der Waals surface area contributed by atoms with E-state index in [9.17, 15) is 4.79 Å².